The quantitative estimate of drug-likeness (QED) is 0.856. The molecule has 0 saturated carbocycles. The molecule has 0 aromatic heterocycles. The summed E-state index contributed by atoms with van der Waals surface area (Å²) in [6.07, 6.45) is -0.0103. The average molecular weight is 348 g/mol. The van der Waals surface area contributed by atoms with Crippen molar-refractivity contribution in [2.24, 2.45) is 0 Å². The zero-order chi connectivity index (χ0) is 16.5. The molecule has 0 unspecified atom stereocenters. The van der Waals surface area contributed by atoms with E-state index in [1.807, 2.05) is 19.9 Å². The SMILES string of the molecule is CC(C)c1ccc(Cl)c(S(=O)(=O)NC[C@@]2(O)CCO[C@@H]2C)c1. The van der Waals surface area contributed by atoms with Gasteiger partial charge in [0.2, 0.25) is 10.0 Å². The van der Waals surface area contributed by atoms with Crippen LogP contribution in [0.3, 0.4) is 0 Å². The van der Waals surface area contributed by atoms with Gasteiger partial charge in [-0.05, 0) is 30.5 Å². The Morgan fingerprint density at radius 2 is 2.18 bits per heavy atom. The molecule has 1 aromatic rings. The predicted molar refractivity (Wildman–Crippen MR) is 85.7 cm³/mol. The summed E-state index contributed by atoms with van der Waals surface area (Å²) in [6.45, 7) is 6.01. The first-order valence-corrected chi connectivity index (χ1v) is 9.15. The van der Waals surface area contributed by atoms with Crippen LogP contribution >= 0.6 is 11.6 Å². The summed E-state index contributed by atoms with van der Waals surface area (Å²) >= 11 is 6.04. The van der Waals surface area contributed by atoms with E-state index in [2.05, 4.69) is 4.72 Å². The first kappa shape index (κ1) is 17.7. The summed E-state index contributed by atoms with van der Waals surface area (Å²) in [7, 11) is -3.79. The normalized spacial score (nSPS) is 25.8. The topological polar surface area (TPSA) is 75.6 Å². The summed E-state index contributed by atoms with van der Waals surface area (Å²) < 4.78 is 32.7. The van der Waals surface area contributed by atoms with Gasteiger partial charge in [0.05, 0.1) is 11.1 Å². The molecule has 0 radical (unpaired) electrons. The van der Waals surface area contributed by atoms with Crippen molar-refractivity contribution in [2.45, 2.75) is 49.7 Å². The van der Waals surface area contributed by atoms with Gasteiger partial charge in [0.1, 0.15) is 10.5 Å². The fraction of sp³-hybridized carbons (Fsp3) is 0.600. The number of nitrogens with one attached hydrogen (secondary N) is 1. The third-order valence-electron chi connectivity index (χ3n) is 4.14. The molecule has 1 fully saturated rings. The largest absolute Gasteiger partial charge is 0.386 e. The highest BCUT2D eigenvalue weighted by Gasteiger charge is 2.40. The van der Waals surface area contributed by atoms with E-state index in [0.29, 0.717) is 13.0 Å². The number of aliphatic hydroxyl groups is 1. The molecule has 1 aliphatic heterocycles. The summed E-state index contributed by atoms with van der Waals surface area (Å²) in [5.74, 6) is 0.193. The molecule has 1 aliphatic rings. The Morgan fingerprint density at radius 1 is 1.50 bits per heavy atom. The van der Waals surface area contributed by atoms with Crippen LogP contribution in [0.2, 0.25) is 5.02 Å². The molecule has 5 nitrogen and oxygen atoms in total. The molecule has 7 heteroatoms. The second-order valence-electron chi connectivity index (χ2n) is 6.04. The summed E-state index contributed by atoms with van der Waals surface area (Å²) in [6, 6.07) is 4.97. The van der Waals surface area contributed by atoms with Crippen LogP contribution in [-0.2, 0) is 14.8 Å². The summed E-state index contributed by atoms with van der Waals surface area (Å²) in [5.41, 5.74) is -0.295. The summed E-state index contributed by atoms with van der Waals surface area (Å²) in [4.78, 5) is 0.0375. The van der Waals surface area contributed by atoms with Gasteiger partial charge in [-0.3, -0.25) is 0 Å². The van der Waals surface area contributed by atoms with E-state index in [1.165, 1.54) is 0 Å². The average Bonchev–Trinajstić information content (AvgIpc) is 2.77. The maximum Gasteiger partial charge on any atom is 0.242 e. The molecule has 0 aliphatic carbocycles. The number of hydrogen-bond donors (Lipinski definition) is 2. The van der Waals surface area contributed by atoms with Crippen LogP contribution in [-0.4, -0.2) is 38.4 Å². The lowest BCUT2D eigenvalue weighted by Crippen LogP contribution is -2.47. The minimum absolute atomic E-state index is 0.0375. The van der Waals surface area contributed by atoms with Gasteiger partial charge in [-0.2, -0.15) is 0 Å². The lowest BCUT2D eigenvalue weighted by Gasteiger charge is -2.26. The van der Waals surface area contributed by atoms with E-state index in [4.69, 9.17) is 16.3 Å². The molecule has 0 amide bonds. The van der Waals surface area contributed by atoms with E-state index < -0.39 is 21.7 Å². The van der Waals surface area contributed by atoms with Crippen LogP contribution < -0.4 is 4.72 Å². The van der Waals surface area contributed by atoms with Crippen molar-refractivity contribution in [2.75, 3.05) is 13.2 Å². The van der Waals surface area contributed by atoms with E-state index in [-0.39, 0.29) is 22.4 Å². The van der Waals surface area contributed by atoms with Crippen molar-refractivity contribution in [3.63, 3.8) is 0 Å². The zero-order valence-electron chi connectivity index (χ0n) is 13.0. The van der Waals surface area contributed by atoms with Gasteiger partial charge in [0.25, 0.3) is 0 Å². The second kappa shape index (κ2) is 6.45. The van der Waals surface area contributed by atoms with Gasteiger partial charge in [-0.25, -0.2) is 13.1 Å². The maximum absolute atomic E-state index is 12.5. The second-order valence-corrected chi connectivity index (χ2v) is 8.18. The van der Waals surface area contributed by atoms with E-state index >= 15 is 0 Å². The van der Waals surface area contributed by atoms with Crippen LogP contribution in [0, 0.1) is 0 Å². The molecule has 124 valence electrons. The van der Waals surface area contributed by atoms with Crippen molar-refractivity contribution >= 4 is 21.6 Å². The number of rotatable bonds is 5. The van der Waals surface area contributed by atoms with Crippen molar-refractivity contribution in [1.29, 1.82) is 0 Å². The Hall–Kier alpha value is -0.660. The first-order valence-electron chi connectivity index (χ1n) is 7.29. The van der Waals surface area contributed by atoms with Crippen LogP contribution in [0.15, 0.2) is 23.1 Å². The van der Waals surface area contributed by atoms with E-state index in [9.17, 15) is 13.5 Å². The predicted octanol–water partition coefficient (Wildman–Crippen LogP) is 2.28. The lowest BCUT2D eigenvalue weighted by molar-refractivity contribution is -0.0228. The molecule has 2 N–H and O–H groups in total. The molecule has 2 atom stereocenters. The third-order valence-corrected chi connectivity index (χ3v) is 6.02. The van der Waals surface area contributed by atoms with Gasteiger partial charge >= 0.3 is 0 Å². The Morgan fingerprint density at radius 3 is 2.73 bits per heavy atom. The first-order chi connectivity index (χ1) is 10.2. The molecule has 1 saturated heterocycles. The van der Waals surface area contributed by atoms with Crippen LogP contribution in [0.1, 0.15) is 38.7 Å². The smallest absolute Gasteiger partial charge is 0.242 e. The van der Waals surface area contributed by atoms with Crippen molar-refractivity contribution < 1.29 is 18.3 Å². The number of halogens is 1. The number of hydrogen-bond acceptors (Lipinski definition) is 4. The Labute approximate surface area is 136 Å². The highest BCUT2D eigenvalue weighted by molar-refractivity contribution is 7.89. The molecule has 0 bridgehead atoms. The molecule has 22 heavy (non-hydrogen) atoms. The molecule has 1 aromatic carbocycles. The Kier molecular flexibility index (Phi) is 5.19. The molecule has 0 spiro atoms. The fourth-order valence-corrected chi connectivity index (χ4v) is 4.02. The fourth-order valence-electron chi connectivity index (χ4n) is 2.39. The van der Waals surface area contributed by atoms with Gasteiger partial charge < -0.3 is 9.84 Å². The monoisotopic (exact) mass is 347 g/mol. The van der Waals surface area contributed by atoms with Gasteiger partial charge in [0, 0.05) is 19.6 Å². The highest BCUT2D eigenvalue weighted by atomic mass is 35.5. The van der Waals surface area contributed by atoms with Crippen molar-refractivity contribution in [3.05, 3.63) is 28.8 Å². The Bertz CT molecular complexity index is 647. The van der Waals surface area contributed by atoms with Crippen molar-refractivity contribution in [1.82, 2.24) is 4.72 Å². The minimum Gasteiger partial charge on any atom is -0.386 e. The summed E-state index contributed by atoms with van der Waals surface area (Å²) in [5, 5.41) is 10.6. The third kappa shape index (κ3) is 3.63. The van der Waals surface area contributed by atoms with Gasteiger partial charge in [0.15, 0.2) is 0 Å². The number of sulfonamides is 1. The minimum atomic E-state index is -3.79. The number of ether oxygens (including phenoxy) is 1. The van der Waals surface area contributed by atoms with Crippen LogP contribution in [0.4, 0.5) is 0 Å². The van der Waals surface area contributed by atoms with E-state index in [0.717, 1.165) is 5.56 Å². The molecule has 2 rings (SSSR count). The van der Waals surface area contributed by atoms with Crippen LogP contribution in [0.25, 0.3) is 0 Å². The molecule has 1 heterocycles. The lowest BCUT2D eigenvalue weighted by atomic mass is 9.97. The van der Waals surface area contributed by atoms with Gasteiger partial charge in [-0.15, -0.1) is 0 Å². The van der Waals surface area contributed by atoms with Crippen molar-refractivity contribution in [3.8, 4) is 0 Å². The number of benzene rings is 1. The molecular weight excluding hydrogens is 326 g/mol. The Balaban J connectivity index is 2.22. The van der Waals surface area contributed by atoms with Crippen LogP contribution in [0.5, 0.6) is 0 Å². The van der Waals surface area contributed by atoms with Gasteiger partial charge in [-0.1, -0.05) is 31.5 Å². The highest BCUT2D eigenvalue weighted by Crippen LogP contribution is 2.28. The van der Waals surface area contributed by atoms with E-state index in [1.54, 1.807) is 19.1 Å². The standard InChI is InChI=1S/C15H22ClNO4S/c1-10(2)12-4-5-13(16)14(8-12)22(19,20)17-9-15(18)6-7-21-11(15)3/h4-5,8,10-11,17-18H,6-7,9H2,1-3H3/t11-,15+/m1/s1. The maximum atomic E-state index is 12.5. The molecular formula is C15H22ClNO4S. The zero-order valence-corrected chi connectivity index (χ0v) is 14.5.